The Kier molecular flexibility index (Phi) is 16.5. The first-order valence-electron chi connectivity index (χ1n) is 11.5. The second-order valence-corrected chi connectivity index (χ2v) is 7.27. The van der Waals surface area contributed by atoms with Crippen LogP contribution in [0.15, 0.2) is 118 Å². The first-order valence-corrected chi connectivity index (χ1v) is 11.5. The quantitative estimate of drug-likeness (QED) is 0.0924. The first kappa shape index (κ1) is 34.2. The fourth-order valence-corrected chi connectivity index (χ4v) is 3.09. The van der Waals surface area contributed by atoms with E-state index in [-0.39, 0.29) is 40.8 Å². The van der Waals surface area contributed by atoms with Crippen molar-refractivity contribution < 1.29 is 59.8 Å². The second kappa shape index (κ2) is 19.3. The summed E-state index contributed by atoms with van der Waals surface area (Å²) in [6.07, 6.45) is 0. The number of hydrogen-bond acceptors (Lipinski definition) is 8. The normalized spacial score (nSPS) is 9.90. The minimum absolute atomic E-state index is 0. The van der Waals surface area contributed by atoms with Crippen molar-refractivity contribution in [2.75, 3.05) is 28.4 Å². The van der Waals surface area contributed by atoms with E-state index in [2.05, 4.69) is 31.5 Å². The summed E-state index contributed by atoms with van der Waals surface area (Å²) in [6.45, 7) is 0. The van der Waals surface area contributed by atoms with Gasteiger partial charge >= 0.3 is 0 Å². The van der Waals surface area contributed by atoms with Crippen LogP contribution in [0.3, 0.4) is 0 Å². The van der Waals surface area contributed by atoms with Crippen LogP contribution in [-0.2, 0) is 40.8 Å². The van der Waals surface area contributed by atoms with Gasteiger partial charge in [-0.05, 0) is 24.3 Å². The third kappa shape index (κ3) is 10.4. The molecule has 0 N–H and O–H groups in total. The molecule has 0 bridgehead atoms. The predicted molar refractivity (Wildman–Crippen MR) is 147 cm³/mol. The molecule has 0 aliphatic heterocycles. The molecule has 0 amide bonds. The predicted octanol–water partition coefficient (Wildman–Crippen LogP) is 8.81. The molecule has 0 spiro atoms. The van der Waals surface area contributed by atoms with Gasteiger partial charge in [0.15, 0.2) is 0 Å². The standard InChI is InChI=1S/2C14H14N3O2.2Pd/c2*1-18-13-9-5-3-7-11(13)15-17-16-12-8-4-6-10-14(12)19-2;;/h2*3-10H,1-2H3;;/q2*-1;;. The monoisotopic (exact) mass is 724 g/mol. The van der Waals surface area contributed by atoms with Crippen LogP contribution in [-0.4, -0.2) is 28.4 Å². The zero-order chi connectivity index (χ0) is 27.0. The fourth-order valence-electron chi connectivity index (χ4n) is 3.09. The molecule has 0 aliphatic carbocycles. The van der Waals surface area contributed by atoms with E-state index in [0.29, 0.717) is 45.7 Å². The largest absolute Gasteiger partial charge is 0.496 e. The number of rotatable bonds is 10. The molecule has 0 atom stereocenters. The van der Waals surface area contributed by atoms with Gasteiger partial charge in [-0.15, -0.1) is 0 Å². The number of hydrogen-bond donors (Lipinski definition) is 0. The van der Waals surface area contributed by atoms with Crippen molar-refractivity contribution in [1.82, 2.24) is 0 Å². The van der Waals surface area contributed by atoms with Crippen molar-refractivity contribution in [3.05, 3.63) is 108 Å². The topological polar surface area (TPSA) is 115 Å². The van der Waals surface area contributed by atoms with Crippen LogP contribution >= 0.6 is 0 Å². The van der Waals surface area contributed by atoms with Crippen molar-refractivity contribution in [1.29, 1.82) is 0 Å². The molecule has 40 heavy (non-hydrogen) atoms. The van der Waals surface area contributed by atoms with Crippen LogP contribution in [0, 0.1) is 0 Å². The van der Waals surface area contributed by atoms with Crippen molar-refractivity contribution in [2.24, 2.45) is 20.7 Å². The van der Waals surface area contributed by atoms with Crippen molar-refractivity contribution in [3.63, 3.8) is 0 Å². The molecule has 10 nitrogen and oxygen atoms in total. The van der Waals surface area contributed by atoms with Gasteiger partial charge in [-0.3, -0.25) is 10.4 Å². The molecular weight excluding hydrogens is 697 g/mol. The Morgan fingerprint density at radius 1 is 0.425 bits per heavy atom. The minimum Gasteiger partial charge on any atom is -0.496 e. The summed E-state index contributed by atoms with van der Waals surface area (Å²) in [4.78, 5) is 0. The van der Waals surface area contributed by atoms with Gasteiger partial charge in [0.05, 0.1) is 28.4 Å². The van der Waals surface area contributed by atoms with E-state index in [0.717, 1.165) is 0 Å². The fraction of sp³-hybridized carbons (Fsp3) is 0.143. The Bertz CT molecular complexity index is 1250. The van der Waals surface area contributed by atoms with E-state index in [1.54, 1.807) is 52.7 Å². The van der Waals surface area contributed by atoms with E-state index < -0.39 is 0 Å². The third-order valence-electron chi connectivity index (χ3n) is 4.95. The molecule has 12 heteroatoms. The summed E-state index contributed by atoms with van der Waals surface area (Å²) in [5.41, 5.74) is 10.6. The Morgan fingerprint density at radius 3 is 1.07 bits per heavy atom. The van der Waals surface area contributed by atoms with Gasteiger partial charge in [0, 0.05) is 63.6 Å². The smallest absolute Gasteiger partial charge is 0.123 e. The molecule has 4 aromatic rings. The molecule has 216 valence electrons. The number of para-hydroxylation sites is 4. The SMILES string of the molecule is COc1ccccc1N=N[N-]c1ccccc1OC.COc1ccccc1N=N[N-]c1ccccc1OC.[Pd].[Pd]. The van der Waals surface area contributed by atoms with Gasteiger partial charge < -0.3 is 40.0 Å². The number of ether oxygens (including phenoxy) is 4. The second-order valence-electron chi connectivity index (χ2n) is 7.27. The van der Waals surface area contributed by atoms with Crippen molar-refractivity contribution in [2.45, 2.75) is 0 Å². The molecule has 4 rings (SSSR count). The van der Waals surface area contributed by atoms with E-state index in [1.807, 2.05) is 72.8 Å². The molecule has 0 radical (unpaired) electrons. The minimum atomic E-state index is 0. The third-order valence-corrected chi connectivity index (χ3v) is 4.95. The average molecular weight is 725 g/mol. The van der Waals surface area contributed by atoms with Crippen LogP contribution < -0.4 is 18.9 Å². The molecular formula is C28H28N6O4Pd2-2. The zero-order valence-corrected chi connectivity index (χ0v) is 25.3. The Balaban J connectivity index is 0.000000381. The zero-order valence-electron chi connectivity index (χ0n) is 22.2. The van der Waals surface area contributed by atoms with Gasteiger partial charge in [0.25, 0.3) is 0 Å². The van der Waals surface area contributed by atoms with E-state index in [4.69, 9.17) is 18.9 Å². The maximum Gasteiger partial charge on any atom is 0.123 e. The average Bonchev–Trinajstić information content (AvgIpc) is 2.98. The van der Waals surface area contributed by atoms with Crippen LogP contribution in [0.4, 0.5) is 22.7 Å². The molecule has 0 aliphatic rings. The Labute approximate surface area is 261 Å². The summed E-state index contributed by atoms with van der Waals surface area (Å²) >= 11 is 0. The first-order chi connectivity index (χ1) is 18.7. The van der Waals surface area contributed by atoms with E-state index in [1.165, 1.54) is 0 Å². The summed E-state index contributed by atoms with van der Waals surface area (Å²) in [5, 5.41) is 15.7. The van der Waals surface area contributed by atoms with Gasteiger partial charge in [-0.25, -0.2) is 0 Å². The molecule has 0 aromatic heterocycles. The van der Waals surface area contributed by atoms with Crippen LogP contribution in [0.25, 0.3) is 10.9 Å². The van der Waals surface area contributed by atoms with Crippen LogP contribution in [0.1, 0.15) is 0 Å². The molecule has 0 unspecified atom stereocenters. The van der Waals surface area contributed by atoms with Gasteiger partial charge in [0.2, 0.25) is 0 Å². The number of benzene rings is 4. The molecule has 4 aromatic carbocycles. The molecule has 0 heterocycles. The van der Waals surface area contributed by atoms with Crippen LogP contribution in [0.2, 0.25) is 0 Å². The van der Waals surface area contributed by atoms with Crippen molar-refractivity contribution >= 4 is 22.7 Å². The Morgan fingerprint density at radius 2 is 0.725 bits per heavy atom. The number of methoxy groups -OCH3 is 4. The number of nitrogens with zero attached hydrogens (tertiary/aromatic N) is 6. The summed E-state index contributed by atoms with van der Waals surface area (Å²) in [7, 11) is 6.36. The van der Waals surface area contributed by atoms with Gasteiger partial charge in [-0.1, -0.05) is 72.8 Å². The van der Waals surface area contributed by atoms with E-state index in [9.17, 15) is 0 Å². The summed E-state index contributed by atoms with van der Waals surface area (Å²) in [5.74, 6) is 2.62. The summed E-state index contributed by atoms with van der Waals surface area (Å²) < 4.78 is 20.7. The van der Waals surface area contributed by atoms with Crippen molar-refractivity contribution in [3.8, 4) is 23.0 Å². The molecule has 0 saturated carbocycles. The maximum atomic E-state index is 5.17. The van der Waals surface area contributed by atoms with E-state index >= 15 is 0 Å². The maximum absolute atomic E-state index is 5.17. The summed E-state index contributed by atoms with van der Waals surface area (Å²) in [6, 6.07) is 29.4. The van der Waals surface area contributed by atoms with Gasteiger partial charge in [0.1, 0.15) is 23.0 Å². The molecule has 0 fully saturated rings. The van der Waals surface area contributed by atoms with Gasteiger partial charge in [-0.2, -0.15) is 0 Å². The van der Waals surface area contributed by atoms with Crippen LogP contribution in [0.5, 0.6) is 23.0 Å². The molecule has 0 saturated heterocycles. The Hall–Kier alpha value is -3.80.